The Labute approximate surface area is 91.1 Å². The molecule has 76 valence electrons. The number of rotatable bonds is 3. The number of aliphatic hydroxyl groups is 1. The van der Waals surface area contributed by atoms with Gasteiger partial charge in [-0.15, -0.1) is 0 Å². The number of carbonyl (C=O) groups excluding carboxylic acids is 1. The summed E-state index contributed by atoms with van der Waals surface area (Å²) in [5.41, 5.74) is 4.12. The molecular weight excluding hydrogens is 246 g/mol. The Morgan fingerprint density at radius 3 is 2.36 bits per heavy atom. The fourth-order valence-corrected chi connectivity index (χ4v) is 1.51. The molecule has 3 N–H and O–H groups in total. The van der Waals surface area contributed by atoms with Gasteiger partial charge in [-0.2, -0.15) is 0 Å². The molecule has 0 aliphatic rings. The predicted molar refractivity (Wildman–Crippen MR) is 57.5 cm³/mol. The molecule has 3 nitrogen and oxygen atoms in total. The van der Waals surface area contributed by atoms with Crippen molar-refractivity contribution in [3.05, 3.63) is 34.3 Å². The van der Waals surface area contributed by atoms with Crippen molar-refractivity contribution in [1.29, 1.82) is 0 Å². The first-order chi connectivity index (χ1) is 6.50. The van der Waals surface area contributed by atoms with Crippen LogP contribution in [0.4, 0.5) is 0 Å². The standard InChI is InChI=1S/C10H12BrNO2/c1-2-10(14,9(12)13)7-3-5-8(11)6-4-7/h3-6,14H,2H2,1H3,(H2,12,13). The van der Waals surface area contributed by atoms with Crippen LogP contribution in [0, 0.1) is 0 Å². The SMILES string of the molecule is CCC(O)(C(N)=O)c1ccc(Br)cc1. The summed E-state index contributed by atoms with van der Waals surface area (Å²) in [6, 6.07) is 6.88. The highest BCUT2D eigenvalue weighted by Gasteiger charge is 2.33. The molecule has 0 saturated carbocycles. The van der Waals surface area contributed by atoms with Crippen molar-refractivity contribution in [2.24, 2.45) is 5.73 Å². The van der Waals surface area contributed by atoms with Crippen LogP contribution in [0.25, 0.3) is 0 Å². The first-order valence-electron chi connectivity index (χ1n) is 4.29. The molecule has 1 atom stereocenters. The summed E-state index contributed by atoms with van der Waals surface area (Å²) in [6.07, 6.45) is 0.268. The van der Waals surface area contributed by atoms with Crippen LogP contribution in [-0.4, -0.2) is 11.0 Å². The fourth-order valence-electron chi connectivity index (χ4n) is 1.25. The minimum atomic E-state index is -1.55. The Kier molecular flexibility index (Phi) is 3.29. The maximum atomic E-state index is 11.1. The minimum absolute atomic E-state index is 0.268. The van der Waals surface area contributed by atoms with Crippen LogP contribution in [0.1, 0.15) is 18.9 Å². The third-order valence-corrected chi connectivity index (χ3v) is 2.77. The first-order valence-corrected chi connectivity index (χ1v) is 5.08. The Bertz CT molecular complexity index is 336. The van der Waals surface area contributed by atoms with Crippen molar-refractivity contribution >= 4 is 21.8 Å². The molecule has 0 aliphatic heterocycles. The molecule has 1 aromatic carbocycles. The molecule has 0 heterocycles. The van der Waals surface area contributed by atoms with Gasteiger partial charge in [-0.05, 0) is 24.1 Å². The van der Waals surface area contributed by atoms with Gasteiger partial charge in [0.15, 0.2) is 5.60 Å². The second-order valence-corrected chi connectivity index (χ2v) is 4.00. The third kappa shape index (κ3) is 1.96. The van der Waals surface area contributed by atoms with E-state index in [1.807, 2.05) is 0 Å². The number of halogens is 1. The third-order valence-electron chi connectivity index (χ3n) is 2.24. The number of hydrogen-bond donors (Lipinski definition) is 2. The van der Waals surface area contributed by atoms with E-state index in [1.54, 1.807) is 31.2 Å². The molecule has 1 amide bonds. The average Bonchev–Trinajstić information content (AvgIpc) is 2.17. The number of amides is 1. The van der Waals surface area contributed by atoms with Crippen molar-refractivity contribution < 1.29 is 9.90 Å². The lowest BCUT2D eigenvalue weighted by Gasteiger charge is -2.23. The molecule has 0 bridgehead atoms. The summed E-state index contributed by atoms with van der Waals surface area (Å²) in [7, 11) is 0. The first kappa shape index (κ1) is 11.2. The van der Waals surface area contributed by atoms with Crippen LogP contribution in [0.3, 0.4) is 0 Å². The Balaban J connectivity index is 3.13. The average molecular weight is 258 g/mol. The van der Waals surface area contributed by atoms with E-state index >= 15 is 0 Å². The lowest BCUT2D eigenvalue weighted by molar-refractivity contribution is -0.137. The summed E-state index contributed by atoms with van der Waals surface area (Å²) in [5, 5.41) is 9.97. The van der Waals surface area contributed by atoms with E-state index < -0.39 is 11.5 Å². The zero-order valence-corrected chi connectivity index (χ0v) is 9.41. The minimum Gasteiger partial charge on any atom is -0.375 e. The molecule has 14 heavy (non-hydrogen) atoms. The highest BCUT2D eigenvalue weighted by Crippen LogP contribution is 2.25. The van der Waals surface area contributed by atoms with Crippen molar-refractivity contribution in [1.82, 2.24) is 0 Å². The van der Waals surface area contributed by atoms with E-state index in [4.69, 9.17) is 5.73 Å². The number of hydrogen-bond acceptors (Lipinski definition) is 2. The van der Waals surface area contributed by atoms with Crippen molar-refractivity contribution in [3.63, 3.8) is 0 Å². The smallest absolute Gasteiger partial charge is 0.254 e. The maximum Gasteiger partial charge on any atom is 0.254 e. The zero-order valence-electron chi connectivity index (χ0n) is 7.83. The summed E-state index contributed by atoms with van der Waals surface area (Å²) in [6.45, 7) is 1.72. The molecular formula is C10H12BrNO2. The molecule has 0 aliphatic carbocycles. The Morgan fingerprint density at radius 2 is 2.00 bits per heavy atom. The predicted octanol–water partition coefficient (Wildman–Crippen LogP) is 1.53. The molecule has 0 aromatic heterocycles. The normalized spacial score (nSPS) is 14.8. The van der Waals surface area contributed by atoms with E-state index in [0.717, 1.165) is 4.47 Å². The summed E-state index contributed by atoms with van der Waals surface area (Å²) >= 11 is 3.27. The van der Waals surface area contributed by atoms with Crippen molar-refractivity contribution in [2.45, 2.75) is 18.9 Å². The van der Waals surface area contributed by atoms with Crippen LogP contribution in [0.15, 0.2) is 28.7 Å². The molecule has 0 spiro atoms. The maximum absolute atomic E-state index is 11.1. The number of carbonyl (C=O) groups is 1. The summed E-state index contributed by atoms with van der Waals surface area (Å²) in [5.74, 6) is -0.720. The van der Waals surface area contributed by atoms with E-state index in [1.165, 1.54) is 0 Å². The molecule has 0 saturated heterocycles. The van der Waals surface area contributed by atoms with E-state index in [9.17, 15) is 9.90 Å². The molecule has 1 rings (SSSR count). The monoisotopic (exact) mass is 257 g/mol. The van der Waals surface area contributed by atoms with Gasteiger partial charge in [0, 0.05) is 4.47 Å². The largest absolute Gasteiger partial charge is 0.375 e. The molecule has 1 aromatic rings. The Hall–Kier alpha value is -0.870. The molecule has 0 fully saturated rings. The second-order valence-electron chi connectivity index (χ2n) is 3.08. The van der Waals surface area contributed by atoms with E-state index in [2.05, 4.69) is 15.9 Å². The van der Waals surface area contributed by atoms with Crippen molar-refractivity contribution in [2.75, 3.05) is 0 Å². The number of benzene rings is 1. The van der Waals surface area contributed by atoms with Crippen LogP contribution in [0.5, 0.6) is 0 Å². The summed E-state index contributed by atoms with van der Waals surface area (Å²) < 4.78 is 0.893. The van der Waals surface area contributed by atoms with Crippen LogP contribution in [0.2, 0.25) is 0 Å². The van der Waals surface area contributed by atoms with Crippen LogP contribution >= 0.6 is 15.9 Å². The van der Waals surface area contributed by atoms with Gasteiger partial charge in [0.25, 0.3) is 5.91 Å². The highest BCUT2D eigenvalue weighted by molar-refractivity contribution is 9.10. The number of primary amides is 1. The Morgan fingerprint density at radius 1 is 1.50 bits per heavy atom. The van der Waals surface area contributed by atoms with Gasteiger partial charge in [-0.1, -0.05) is 35.0 Å². The van der Waals surface area contributed by atoms with Gasteiger partial charge in [0.2, 0.25) is 0 Å². The molecule has 0 radical (unpaired) electrons. The van der Waals surface area contributed by atoms with Gasteiger partial charge in [0.1, 0.15) is 0 Å². The summed E-state index contributed by atoms with van der Waals surface area (Å²) in [4.78, 5) is 11.1. The lowest BCUT2D eigenvalue weighted by Crippen LogP contribution is -2.40. The van der Waals surface area contributed by atoms with Gasteiger partial charge in [0.05, 0.1) is 0 Å². The van der Waals surface area contributed by atoms with Crippen LogP contribution < -0.4 is 5.73 Å². The van der Waals surface area contributed by atoms with Gasteiger partial charge in [-0.3, -0.25) is 4.79 Å². The lowest BCUT2D eigenvalue weighted by atomic mass is 9.91. The fraction of sp³-hybridized carbons (Fsp3) is 0.300. The number of nitrogens with two attached hydrogens (primary N) is 1. The van der Waals surface area contributed by atoms with E-state index in [-0.39, 0.29) is 6.42 Å². The second kappa shape index (κ2) is 4.11. The van der Waals surface area contributed by atoms with Crippen molar-refractivity contribution in [3.8, 4) is 0 Å². The quantitative estimate of drug-likeness (QED) is 0.863. The molecule has 4 heteroatoms. The zero-order chi connectivity index (χ0) is 10.8. The van der Waals surface area contributed by atoms with Gasteiger partial charge in [-0.25, -0.2) is 0 Å². The molecule has 1 unspecified atom stereocenters. The topological polar surface area (TPSA) is 63.3 Å². The van der Waals surface area contributed by atoms with Crippen LogP contribution in [-0.2, 0) is 10.4 Å². The van der Waals surface area contributed by atoms with Gasteiger partial charge >= 0.3 is 0 Å². The van der Waals surface area contributed by atoms with Gasteiger partial charge < -0.3 is 10.8 Å². The van der Waals surface area contributed by atoms with E-state index in [0.29, 0.717) is 5.56 Å². The highest BCUT2D eigenvalue weighted by atomic mass is 79.9.